The number of alkyl halides is 1. The number of unbranched alkanes of at least 4 members (excludes halogenated alkanes) is 1. The summed E-state index contributed by atoms with van der Waals surface area (Å²) in [6.07, 6.45) is 10.7. The third-order valence-corrected chi connectivity index (χ3v) is 7.17. The summed E-state index contributed by atoms with van der Waals surface area (Å²) in [5.41, 5.74) is 3.87. The second-order valence-electron chi connectivity index (χ2n) is 7.75. The van der Waals surface area contributed by atoms with Gasteiger partial charge in [-0.1, -0.05) is 34.9 Å². The number of halogens is 1. The van der Waals surface area contributed by atoms with E-state index >= 15 is 4.39 Å². The Hall–Kier alpha value is -1.23. The quantitative estimate of drug-likeness (QED) is 0.150. The second kappa shape index (κ2) is 14.7. The van der Waals surface area contributed by atoms with Gasteiger partial charge in [-0.05, 0) is 80.1 Å². The molecule has 0 saturated carbocycles. The van der Waals surface area contributed by atoms with Crippen molar-refractivity contribution >= 4 is 13.6 Å². The molecule has 1 unspecified atom stereocenters. The van der Waals surface area contributed by atoms with E-state index in [-0.39, 0.29) is 19.6 Å². The number of hydrogen-bond acceptors (Lipinski definition) is 4. The van der Waals surface area contributed by atoms with Gasteiger partial charge >= 0.3 is 19.0 Å². The van der Waals surface area contributed by atoms with Gasteiger partial charge < -0.3 is 14.2 Å². The topological polar surface area (TPSA) is 72.8 Å². The molecule has 0 amide bonds. The van der Waals surface area contributed by atoms with E-state index in [1.54, 1.807) is 0 Å². The summed E-state index contributed by atoms with van der Waals surface area (Å²) < 4.78 is 37.7. The van der Waals surface area contributed by atoms with Crippen molar-refractivity contribution in [2.75, 3.05) is 13.2 Å². The van der Waals surface area contributed by atoms with Crippen LogP contribution in [0.25, 0.3) is 0 Å². The third kappa shape index (κ3) is 10.2. The maximum atomic E-state index is 15.2. The van der Waals surface area contributed by atoms with Crippen LogP contribution in [0.3, 0.4) is 0 Å². The summed E-state index contributed by atoms with van der Waals surface area (Å²) in [5.74, 6) is -1.80. The molecule has 7 heteroatoms. The molecule has 1 atom stereocenters. The Kier molecular flexibility index (Phi) is 14.1. The number of hydrogen-bond donors (Lipinski definition) is 1. The Morgan fingerprint density at radius 2 is 1.40 bits per heavy atom. The number of carbonyl (C=O) groups is 1. The number of aliphatic carboxylic acids is 1. The smallest absolute Gasteiger partial charge is 0.379 e. The molecule has 0 aliphatic rings. The van der Waals surface area contributed by atoms with E-state index in [1.165, 1.54) is 30.6 Å². The lowest BCUT2D eigenvalue weighted by molar-refractivity contribution is -0.147. The Labute approximate surface area is 182 Å². The minimum absolute atomic E-state index is 0.0868. The van der Waals surface area contributed by atoms with Crippen LogP contribution in [-0.2, 0) is 18.4 Å². The fraction of sp³-hybridized carbons (Fsp3) is 0.696. The average molecular weight is 447 g/mol. The highest BCUT2D eigenvalue weighted by molar-refractivity contribution is 7.56. The lowest BCUT2D eigenvalue weighted by Gasteiger charge is -2.28. The van der Waals surface area contributed by atoms with Crippen molar-refractivity contribution in [1.29, 1.82) is 0 Å². The lowest BCUT2D eigenvalue weighted by Crippen LogP contribution is -2.35. The molecule has 0 aromatic heterocycles. The van der Waals surface area contributed by atoms with Gasteiger partial charge in [0.1, 0.15) is 0 Å². The molecular weight excluding hydrogens is 406 g/mol. The van der Waals surface area contributed by atoms with E-state index in [1.807, 2.05) is 13.0 Å². The molecule has 0 aromatic rings. The van der Waals surface area contributed by atoms with Crippen molar-refractivity contribution < 1.29 is 27.9 Å². The number of rotatable bonds is 16. The van der Waals surface area contributed by atoms with Gasteiger partial charge in [-0.2, -0.15) is 0 Å². The molecular formula is C23H40FO5P. The van der Waals surface area contributed by atoms with Crippen molar-refractivity contribution in [2.24, 2.45) is 0 Å². The maximum Gasteiger partial charge on any atom is 0.379 e. The summed E-state index contributed by atoms with van der Waals surface area (Å²) in [5, 5.41) is 6.32. The number of carboxylic acids is 1. The van der Waals surface area contributed by atoms with Crippen LogP contribution in [-0.4, -0.2) is 29.7 Å². The zero-order chi connectivity index (χ0) is 23.2. The molecule has 30 heavy (non-hydrogen) atoms. The number of allylic oxidation sites excluding steroid dienone is 6. The molecule has 0 aromatic carbocycles. The van der Waals surface area contributed by atoms with E-state index in [2.05, 4.69) is 32.9 Å². The van der Waals surface area contributed by atoms with Gasteiger partial charge in [0.2, 0.25) is 0 Å². The molecule has 5 nitrogen and oxygen atoms in total. The highest BCUT2D eigenvalue weighted by Gasteiger charge is 2.58. The van der Waals surface area contributed by atoms with Gasteiger partial charge in [-0.25, -0.2) is 9.18 Å². The summed E-state index contributed by atoms with van der Waals surface area (Å²) in [6.45, 7) is 11.2. The molecule has 0 fully saturated rings. The summed E-state index contributed by atoms with van der Waals surface area (Å²) in [7, 11) is -4.40. The molecule has 0 aliphatic heterocycles. The SMILES string of the molecule is CCOP(=O)(OCC)C(F)(CCCC=C(C)CCC=C(C)CCC=C(C)C)C(=O)O. The molecule has 0 spiro atoms. The first-order valence-electron chi connectivity index (χ1n) is 10.8. The predicted octanol–water partition coefficient (Wildman–Crippen LogP) is 7.59. The Morgan fingerprint density at radius 1 is 0.933 bits per heavy atom. The summed E-state index contributed by atoms with van der Waals surface area (Å²) in [6, 6.07) is 0. The van der Waals surface area contributed by atoms with E-state index < -0.39 is 25.4 Å². The predicted molar refractivity (Wildman–Crippen MR) is 122 cm³/mol. The minimum Gasteiger partial charge on any atom is -0.478 e. The van der Waals surface area contributed by atoms with Gasteiger partial charge in [-0.15, -0.1) is 0 Å². The largest absolute Gasteiger partial charge is 0.478 e. The second-order valence-corrected chi connectivity index (χ2v) is 9.97. The molecule has 0 rings (SSSR count). The third-order valence-electron chi connectivity index (χ3n) is 4.69. The first kappa shape index (κ1) is 28.8. The lowest BCUT2D eigenvalue weighted by atomic mass is 10.0. The zero-order valence-electron chi connectivity index (χ0n) is 19.5. The van der Waals surface area contributed by atoms with Crippen LogP contribution in [0, 0.1) is 0 Å². The Balaban J connectivity index is 4.69. The van der Waals surface area contributed by atoms with Gasteiger partial charge in [-0.3, -0.25) is 4.57 Å². The van der Waals surface area contributed by atoms with Gasteiger partial charge in [0.05, 0.1) is 13.2 Å². The van der Waals surface area contributed by atoms with Crippen molar-refractivity contribution in [1.82, 2.24) is 0 Å². The van der Waals surface area contributed by atoms with Crippen molar-refractivity contribution in [3.8, 4) is 0 Å². The van der Waals surface area contributed by atoms with Gasteiger partial charge in [0.15, 0.2) is 0 Å². The molecule has 0 aliphatic carbocycles. The van der Waals surface area contributed by atoms with Crippen molar-refractivity contribution in [2.45, 2.75) is 91.9 Å². The van der Waals surface area contributed by atoms with Crippen LogP contribution in [0.2, 0.25) is 0 Å². The normalized spacial score (nSPS) is 15.0. The van der Waals surface area contributed by atoms with Crippen LogP contribution in [0.5, 0.6) is 0 Å². The van der Waals surface area contributed by atoms with Gasteiger partial charge in [0, 0.05) is 6.42 Å². The van der Waals surface area contributed by atoms with Crippen LogP contribution in [0.4, 0.5) is 4.39 Å². The maximum absolute atomic E-state index is 15.2. The first-order valence-corrected chi connectivity index (χ1v) is 12.3. The highest BCUT2D eigenvalue weighted by Crippen LogP contribution is 2.63. The van der Waals surface area contributed by atoms with Gasteiger partial charge in [0.25, 0.3) is 0 Å². The average Bonchev–Trinajstić information content (AvgIpc) is 2.64. The summed E-state index contributed by atoms with van der Waals surface area (Å²) >= 11 is 0. The van der Waals surface area contributed by atoms with Crippen LogP contribution in [0.15, 0.2) is 34.9 Å². The van der Waals surface area contributed by atoms with Crippen LogP contribution < -0.4 is 0 Å². The highest BCUT2D eigenvalue weighted by atomic mass is 31.2. The minimum atomic E-state index is -4.40. The van der Waals surface area contributed by atoms with Crippen molar-refractivity contribution in [3.05, 3.63) is 34.9 Å². The molecule has 174 valence electrons. The van der Waals surface area contributed by atoms with E-state index in [4.69, 9.17) is 9.05 Å². The Bertz CT molecular complexity index is 655. The van der Waals surface area contributed by atoms with E-state index in [9.17, 15) is 14.5 Å². The molecule has 0 bridgehead atoms. The Morgan fingerprint density at radius 3 is 1.83 bits per heavy atom. The molecule has 0 heterocycles. The fourth-order valence-corrected chi connectivity index (χ4v) is 4.80. The van der Waals surface area contributed by atoms with Crippen LogP contribution >= 0.6 is 7.60 Å². The van der Waals surface area contributed by atoms with E-state index in [0.717, 1.165) is 25.7 Å². The fourth-order valence-electron chi connectivity index (χ4n) is 2.97. The standard InChI is InChI=1S/C23H40FO5P/c1-7-28-30(27,29-8-2)23(24,22(25)26)18-10-9-14-20(5)16-12-17-21(6)15-11-13-19(3)4/h13-14,17H,7-12,15-16,18H2,1-6H3,(H,25,26). The number of carboxylic acid groups (broad SMARTS) is 1. The summed E-state index contributed by atoms with van der Waals surface area (Å²) in [4.78, 5) is 11.5. The molecule has 0 radical (unpaired) electrons. The monoisotopic (exact) mass is 446 g/mol. The zero-order valence-corrected chi connectivity index (χ0v) is 20.4. The first-order chi connectivity index (χ1) is 14.0. The van der Waals surface area contributed by atoms with Crippen molar-refractivity contribution in [3.63, 3.8) is 0 Å². The molecule has 1 N–H and O–H groups in total. The van der Waals surface area contributed by atoms with Crippen LogP contribution in [0.1, 0.15) is 86.5 Å². The van der Waals surface area contributed by atoms with E-state index in [0.29, 0.717) is 6.42 Å². The molecule has 0 saturated heterocycles.